The molecule has 1 N–H and O–H groups in total. The molecule has 2 heteroatoms. The summed E-state index contributed by atoms with van der Waals surface area (Å²) in [7, 11) is 0. The Balaban J connectivity index is 1.91. The Hall–Kier alpha value is -0.0800. The molecule has 0 aromatic heterocycles. The van der Waals surface area contributed by atoms with Gasteiger partial charge in [-0.1, -0.05) is 32.6 Å². The van der Waals surface area contributed by atoms with E-state index in [9.17, 15) is 0 Å². The maximum absolute atomic E-state index is 3.64. The molecule has 2 atom stereocenters. The molecule has 0 radical (unpaired) electrons. The minimum Gasteiger partial charge on any atom is -0.314 e. The number of hydrogen-bond acceptors (Lipinski definition) is 2. The molecule has 1 saturated heterocycles. The lowest BCUT2D eigenvalue weighted by Gasteiger charge is -2.36. The number of rotatable bonds is 1. The Kier molecular flexibility index (Phi) is 5.30. The maximum atomic E-state index is 3.64. The Morgan fingerprint density at radius 3 is 2.35 bits per heavy atom. The first-order valence-corrected chi connectivity index (χ1v) is 7.73. The number of nitrogens with zero attached hydrogens (tertiary/aromatic N) is 1. The standard InChI is InChI=1S/C15H30N2/c1-13-11-16-14(2)9-10-17(12-13)15-7-5-3-4-6-8-15/h13-16H,3-12H2,1-2H3. The highest BCUT2D eigenvalue weighted by Crippen LogP contribution is 2.23. The fourth-order valence-corrected chi connectivity index (χ4v) is 3.37. The topological polar surface area (TPSA) is 15.3 Å². The fraction of sp³-hybridized carbons (Fsp3) is 1.00. The van der Waals surface area contributed by atoms with Gasteiger partial charge in [0.25, 0.3) is 0 Å². The predicted molar refractivity (Wildman–Crippen MR) is 74.3 cm³/mol. The average Bonchev–Trinajstić information content (AvgIpc) is 2.58. The normalized spacial score (nSPS) is 34.9. The van der Waals surface area contributed by atoms with E-state index in [4.69, 9.17) is 0 Å². The van der Waals surface area contributed by atoms with Gasteiger partial charge in [0.2, 0.25) is 0 Å². The van der Waals surface area contributed by atoms with Crippen molar-refractivity contribution in [2.45, 2.75) is 70.9 Å². The molecule has 1 heterocycles. The van der Waals surface area contributed by atoms with Crippen molar-refractivity contribution in [3.05, 3.63) is 0 Å². The highest BCUT2D eigenvalue weighted by atomic mass is 15.2. The first-order valence-electron chi connectivity index (χ1n) is 7.73. The number of nitrogens with one attached hydrogen (secondary N) is 1. The zero-order valence-electron chi connectivity index (χ0n) is 11.8. The summed E-state index contributed by atoms with van der Waals surface area (Å²) < 4.78 is 0. The van der Waals surface area contributed by atoms with Crippen molar-refractivity contribution in [1.82, 2.24) is 10.2 Å². The summed E-state index contributed by atoms with van der Waals surface area (Å²) in [4.78, 5) is 2.81. The second-order valence-electron chi connectivity index (χ2n) is 6.34. The van der Waals surface area contributed by atoms with Crippen LogP contribution in [-0.4, -0.2) is 36.6 Å². The van der Waals surface area contributed by atoms with E-state index in [2.05, 4.69) is 24.1 Å². The van der Waals surface area contributed by atoms with E-state index in [1.165, 1.54) is 64.6 Å². The van der Waals surface area contributed by atoms with Gasteiger partial charge in [-0.2, -0.15) is 0 Å². The highest BCUT2D eigenvalue weighted by molar-refractivity contribution is 4.80. The first kappa shape index (κ1) is 13.4. The van der Waals surface area contributed by atoms with E-state index in [0.29, 0.717) is 6.04 Å². The number of hydrogen-bond donors (Lipinski definition) is 1. The van der Waals surface area contributed by atoms with E-state index in [-0.39, 0.29) is 0 Å². The molecule has 0 spiro atoms. The monoisotopic (exact) mass is 238 g/mol. The molecule has 2 nitrogen and oxygen atoms in total. The Bertz CT molecular complexity index is 209. The van der Waals surface area contributed by atoms with Crippen LogP contribution in [0.5, 0.6) is 0 Å². The zero-order chi connectivity index (χ0) is 12.1. The Morgan fingerprint density at radius 2 is 1.65 bits per heavy atom. The van der Waals surface area contributed by atoms with Crippen LogP contribution < -0.4 is 5.32 Å². The second kappa shape index (κ2) is 6.75. The summed E-state index contributed by atoms with van der Waals surface area (Å²) in [5.74, 6) is 0.806. The summed E-state index contributed by atoms with van der Waals surface area (Å²) in [6.07, 6.45) is 10.1. The van der Waals surface area contributed by atoms with E-state index in [1.54, 1.807) is 0 Å². The van der Waals surface area contributed by atoms with Gasteiger partial charge in [-0.3, -0.25) is 0 Å². The molecule has 100 valence electrons. The largest absolute Gasteiger partial charge is 0.314 e. The minimum absolute atomic E-state index is 0.700. The third kappa shape index (κ3) is 4.26. The van der Waals surface area contributed by atoms with Gasteiger partial charge in [-0.05, 0) is 45.2 Å². The van der Waals surface area contributed by atoms with Gasteiger partial charge in [0.15, 0.2) is 0 Å². The minimum atomic E-state index is 0.700. The predicted octanol–water partition coefficient (Wildman–Crippen LogP) is 3.03. The lowest BCUT2D eigenvalue weighted by Crippen LogP contribution is -2.46. The molecule has 1 saturated carbocycles. The van der Waals surface area contributed by atoms with Gasteiger partial charge in [0.05, 0.1) is 0 Å². The smallest absolute Gasteiger partial charge is 0.00953 e. The molecular formula is C15H30N2. The lowest BCUT2D eigenvalue weighted by atomic mass is 10.0. The van der Waals surface area contributed by atoms with Crippen LogP contribution in [0.3, 0.4) is 0 Å². The van der Waals surface area contributed by atoms with Gasteiger partial charge in [0, 0.05) is 18.6 Å². The fourth-order valence-electron chi connectivity index (χ4n) is 3.37. The van der Waals surface area contributed by atoms with Crippen LogP contribution in [0.1, 0.15) is 58.8 Å². The van der Waals surface area contributed by atoms with Crippen LogP contribution in [0, 0.1) is 5.92 Å². The van der Waals surface area contributed by atoms with E-state index in [0.717, 1.165) is 12.0 Å². The lowest BCUT2D eigenvalue weighted by molar-refractivity contribution is 0.135. The van der Waals surface area contributed by atoms with Crippen molar-refractivity contribution >= 4 is 0 Å². The van der Waals surface area contributed by atoms with Gasteiger partial charge in [-0.15, -0.1) is 0 Å². The van der Waals surface area contributed by atoms with Crippen LogP contribution >= 0.6 is 0 Å². The summed E-state index contributed by atoms with van der Waals surface area (Å²) in [5.41, 5.74) is 0. The molecule has 0 amide bonds. The van der Waals surface area contributed by atoms with E-state index >= 15 is 0 Å². The Labute approximate surface area is 107 Å². The van der Waals surface area contributed by atoms with Crippen LogP contribution in [0.25, 0.3) is 0 Å². The van der Waals surface area contributed by atoms with Crippen molar-refractivity contribution in [3.63, 3.8) is 0 Å². The quantitative estimate of drug-likeness (QED) is 0.706. The average molecular weight is 238 g/mol. The molecule has 2 rings (SSSR count). The molecular weight excluding hydrogens is 208 g/mol. The molecule has 0 aromatic rings. The van der Waals surface area contributed by atoms with Crippen molar-refractivity contribution in [1.29, 1.82) is 0 Å². The molecule has 1 aliphatic carbocycles. The van der Waals surface area contributed by atoms with Gasteiger partial charge >= 0.3 is 0 Å². The zero-order valence-corrected chi connectivity index (χ0v) is 11.8. The third-order valence-electron chi connectivity index (χ3n) is 4.55. The molecule has 17 heavy (non-hydrogen) atoms. The summed E-state index contributed by atoms with van der Waals surface area (Å²) in [5, 5.41) is 3.64. The second-order valence-corrected chi connectivity index (χ2v) is 6.34. The molecule has 2 aliphatic rings. The molecule has 2 fully saturated rings. The highest BCUT2D eigenvalue weighted by Gasteiger charge is 2.23. The molecule has 2 unspecified atom stereocenters. The first-order chi connectivity index (χ1) is 8.25. The van der Waals surface area contributed by atoms with Crippen LogP contribution in [0.15, 0.2) is 0 Å². The van der Waals surface area contributed by atoms with E-state index < -0.39 is 0 Å². The third-order valence-corrected chi connectivity index (χ3v) is 4.55. The van der Waals surface area contributed by atoms with Gasteiger partial charge in [-0.25, -0.2) is 0 Å². The van der Waals surface area contributed by atoms with Crippen LogP contribution in [0.4, 0.5) is 0 Å². The van der Waals surface area contributed by atoms with Crippen molar-refractivity contribution in [3.8, 4) is 0 Å². The molecule has 0 aromatic carbocycles. The van der Waals surface area contributed by atoms with Crippen molar-refractivity contribution in [2.75, 3.05) is 19.6 Å². The van der Waals surface area contributed by atoms with E-state index in [1.807, 2.05) is 0 Å². The maximum Gasteiger partial charge on any atom is 0.00953 e. The molecule has 1 aliphatic heterocycles. The van der Waals surface area contributed by atoms with Crippen molar-refractivity contribution in [2.24, 2.45) is 5.92 Å². The summed E-state index contributed by atoms with van der Waals surface area (Å²) in [6.45, 7) is 8.55. The summed E-state index contributed by atoms with van der Waals surface area (Å²) in [6, 6.07) is 1.59. The van der Waals surface area contributed by atoms with Gasteiger partial charge in [0.1, 0.15) is 0 Å². The van der Waals surface area contributed by atoms with Crippen LogP contribution in [0.2, 0.25) is 0 Å². The Morgan fingerprint density at radius 1 is 0.941 bits per heavy atom. The summed E-state index contributed by atoms with van der Waals surface area (Å²) >= 11 is 0. The van der Waals surface area contributed by atoms with Gasteiger partial charge < -0.3 is 10.2 Å². The van der Waals surface area contributed by atoms with Crippen LogP contribution in [-0.2, 0) is 0 Å². The van der Waals surface area contributed by atoms with Crippen molar-refractivity contribution < 1.29 is 0 Å². The molecule has 0 bridgehead atoms. The SMILES string of the molecule is CC1CNC(C)CCN(C2CCCCCC2)C1.